The number of esters is 1. The van der Waals surface area contributed by atoms with Gasteiger partial charge in [-0.25, -0.2) is 4.79 Å². The van der Waals surface area contributed by atoms with Crippen LogP contribution in [0.3, 0.4) is 0 Å². The number of nitrogens with zero attached hydrogens (tertiary/aromatic N) is 1. The number of hydrogen-bond donors (Lipinski definition) is 0. The number of benzene rings is 2. The van der Waals surface area contributed by atoms with Crippen LogP contribution in [0.15, 0.2) is 60.7 Å². The second kappa shape index (κ2) is 7.45. The lowest BCUT2D eigenvalue weighted by molar-refractivity contribution is -0.147. The Morgan fingerprint density at radius 1 is 1.08 bits per heavy atom. The standard InChI is InChI=1S/C21H23NO2/c1-22(2)19-14-13-17-10-6-7-11-18(17)21(19)24-20(23)15-12-16-8-4-3-5-9-16/h3-12,15,19,21H,13-14H2,1-2H3/b15-12+/t19-,21+/m1/s1. The molecule has 2 aromatic rings. The van der Waals surface area contributed by atoms with Crippen LogP contribution in [0.4, 0.5) is 0 Å². The minimum atomic E-state index is -0.299. The first-order valence-corrected chi connectivity index (χ1v) is 8.33. The first-order valence-electron chi connectivity index (χ1n) is 8.33. The summed E-state index contributed by atoms with van der Waals surface area (Å²) in [7, 11) is 4.08. The molecule has 0 bridgehead atoms. The Labute approximate surface area is 143 Å². The van der Waals surface area contributed by atoms with Crippen LogP contribution in [0.25, 0.3) is 6.08 Å². The fourth-order valence-electron chi connectivity index (χ4n) is 3.27. The number of carbonyl (C=O) groups excluding carboxylic acids is 1. The highest BCUT2D eigenvalue weighted by molar-refractivity contribution is 5.87. The maximum atomic E-state index is 12.3. The number of rotatable bonds is 4. The summed E-state index contributed by atoms with van der Waals surface area (Å²) in [6.45, 7) is 0. The fraction of sp³-hybridized carbons (Fsp3) is 0.286. The Hall–Kier alpha value is -2.39. The molecule has 0 saturated carbocycles. The van der Waals surface area contributed by atoms with Gasteiger partial charge in [0.15, 0.2) is 0 Å². The molecule has 0 spiro atoms. The highest BCUT2D eigenvalue weighted by Crippen LogP contribution is 2.35. The molecule has 1 aliphatic rings. The third-order valence-corrected chi connectivity index (χ3v) is 4.54. The first-order chi connectivity index (χ1) is 11.6. The molecule has 3 rings (SSSR count). The van der Waals surface area contributed by atoms with E-state index in [9.17, 15) is 4.79 Å². The van der Waals surface area contributed by atoms with Gasteiger partial charge in [0.2, 0.25) is 0 Å². The molecule has 0 fully saturated rings. The second-order valence-corrected chi connectivity index (χ2v) is 6.37. The van der Waals surface area contributed by atoms with Crippen molar-refractivity contribution in [3.05, 3.63) is 77.4 Å². The van der Waals surface area contributed by atoms with Gasteiger partial charge < -0.3 is 9.64 Å². The largest absolute Gasteiger partial charge is 0.453 e. The average Bonchev–Trinajstić information content (AvgIpc) is 2.61. The predicted octanol–water partition coefficient (Wildman–Crippen LogP) is 3.86. The summed E-state index contributed by atoms with van der Waals surface area (Å²) in [5.41, 5.74) is 3.40. The molecule has 2 atom stereocenters. The number of carbonyl (C=O) groups is 1. The zero-order chi connectivity index (χ0) is 16.9. The van der Waals surface area contributed by atoms with E-state index in [1.54, 1.807) is 6.08 Å². The van der Waals surface area contributed by atoms with Crippen LogP contribution in [0.2, 0.25) is 0 Å². The van der Waals surface area contributed by atoms with Crippen molar-refractivity contribution in [1.82, 2.24) is 4.90 Å². The number of likely N-dealkylation sites (N-methyl/N-ethyl adjacent to an activating group) is 1. The van der Waals surface area contributed by atoms with Crippen LogP contribution in [-0.4, -0.2) is 31.0 Å². The first kappa shape index (κ1) is 16.5. The van der Waals surface area contributed by atoms with E-state index in [-0.39, 0.29) is 18.1 Å². The molecule has 124 valence electrons. The van der Waals surface area contributed by atoms with Crippen molar-refractivity contribution in [2.45, 2.75) is 25.0 Å². The van der Waals surface area contributed by atoms with Gasteiger partial charge in [-0.05, 0) is 49.7 Å². The van der Waals surface area contributed by atoms with E-state index in [0.717, 1.165) is 24.0 Å². The Morgan fingerprint density at radius 2 is 1.79 bits per heavy atom. The second-order valence-electron chi connectivity index (χ2n) is 6.37. The lowest BCUT2D eigenvalue weighted by Gasteiger charge is -2.36. The monoisotopic (exact) mass is 321 g/mol. The quantitative estimate of drug-likeness (QED) is 0.632. The summed E-state index contributed by atoms with van der Waals surface area (Å²) in [4.78, 5) is 14.5. The number of hydrogen-bond acceptors (Lipinski definition) is 3. The third kappa shape index (κ3) is 3.74. The number of ether oxygens (including phenoxy) is 1. The Balaban J connectivity index is 1.78. The summed E-state index contributed by atoms with van der Waals surface area (Å²) < 4.78 is 5.85. The van der Waals surface area contributed by atoms with Crippen molar-refractivity contribution in [3.63, 3.8) is 0 Å². The molecule has 0 unspecified atom stereocenters. The maximum absolute atomic E-state index is 12.3. The van der Waals surface area contributed by atoms with E-state index in [1.165, 1.54) is 11.6 Å². The summed E-state index contributed by atoms with van der Waals surface area (Å²) in [5, 5.41) is 0. The molecule has 0 aromatic heterocycles. The molecular weight excluding hydrogens is 298 g/mol. The van der Waals surface area contributed by atoms with Gasteiger partial charge in [-0.1, -0.05) is 54.6 Å². The van der Waals surface area contributed by atoms with Crippen molar-refractivity contribution < 1.29 is 9.53 Å². The van der Waals surface area contributed by atoms with E-state index in [0.29, 0.717) is 0 Å². The lowest BCUT2D eigenvalue weighted by atomic mass is 9.85. The summed E-state index contributed by atoms with van der Waals surface area (Å²) in [6, 6.07) is 18.2. The van der Waals surface area contributed by atoms with Gasteiger partial charge in [0, 0.05) is 6.08 Å². The van der Waals surface area contributed by atoms with Crippen LogP contribution < -0.4 is 0 Å². The van der Waals surface area contributed by atoms with Crippen molar-refractivity contribution in [1.29, 1.82) is 0 Å². The van der Waals surface area contributed by atoms with Crippen molar-refractivity contribution in [3.8, 4) is 0 Å². The highest BCUT2D eigenvalue weighted by Gasteiger charge is 2.33. The molecule has 24 heavy (non-hydrogen) atoms. The van der Waals surface area contributed by atoms with E-state index < -0.39 is 0 Å². The van der Waals surface area contributed by atoms with Gasteiger partial charge in [-0.15, -0.1) is 0 Å². The molecule has 0 heterocycles. The molecule has 0 saturated heterocycles. The molecule has 2 aromatic carbocycles. The predicted molar refractivity (Wildman–Crippen MR) is 96.5 cm³/mol. The molecule has 3 nitrogen and oxygen atoms in total. The number of fused-ring (bicyclic) bond motifs is 1. The van der Waals surface area contributed by atoms with Gasteiger partial charge >= 0.3 is 5.97 Å². The minimum absolute atomic E-state index is 0.203. The fourth-order valence-corrected chi connectivity index (χ4v) is 3.27. The zero-order valence-electron chi connectivity index (χ0n) is 14.2. The van der Waals surface area contributed by atoms with Crippen LogP contribution in [0.1, 0.15) is 29.2 Å². The Kier molecular flexibility index (Phi) is 5.11. The van der Waals surface area contributed by atoms with Gasteiger partial charge in [-0.2, -0.15) is 0 Å². The maximum Gasteiger partial charge on any atom is 0.331 e. The van der Waals surface area contributed by atoms with Crippen LogP contribution in [-0.2, 0) is 16.0 Å². The van der Waals surface area contributed by atoms with E-state index in [4.69, 9.17) is 4.74 Å². The third-order valence-electron chi connectivity index (χ3n) is 4.54. The Morgan fingerprint density at radius 3 is 2.54 bits per heavy atom. The number of aryl methyl sites for hydroxylation is 1. The lowest BCUT2D eigenvalue weighted by Crippen LogP contribution is -2.39. The SMILES string of the molecule is CN(C)[C@@H]1CCc2ccccc2[C@@H]1OC(=O)/C=C/c1ccccc1. The van der Waals surface area contributed by atoms with E-state index >= 15 is 0 Å². The van der Waals surface area contributed by atoms with Gasteiger partial charge in [0.05, 0.1) is 6.04 Å². The van der Waals surface area contributed by atoms with E-state index in [1.807, 2.05) is 56.6 Å². The minimum Gasteiger partial charge on any atom is -0.453 e. The summed E-state index contributed by atoms with van der Waals surface area (Å²) in [6.07, 6.45) is 5.09. The molecule has 0 aliphatic heterocycles. The topological polar surface area (TPSA) is 29.5 Å². The van der Waals surface area contributed by atoms with E-state index in [2.05, 4.69) is 17.0 Å². The van der Waals surface area contributed by atoms with Gasteiger partial charge in [0.25, 0.3) is 0 Å². The molecule has 0 radical (unpaired) electrons. The molecule has 1 aliphatic carbocycles. The zero-order valence-corrected chi connectivity index (χ0v) is 14.2. The average molecular weight is 321 g/mol. The molecule has 3 heteroatoms. The molecular formula is C21H23NO2. The molecule has 0 amide bonds. The van der Waals surface area contributed by atoms with Gasteiger partial charge in [0.1, 0.15) is 6.10 Å². The molecule has 0 N–H and O–H groups in total. The van der Waals surface area contributed by atoms with Crippen LogP contribution >= 0.6 is 0 Å². The smallest absolute Gasteiger partial charge is 0.331 e. The normalized spacial score (nSPS) is 20.1. The summed E-state index contributed by atoms with van der Waals surface area (Å²) in [5.74, 6) is -0.299. The van der Waals surface area contributed by atoms with Gasteiger partial charge in [-0.3, -0.25) is 0 Å². The van der Waals surface area contributed by atoms with Crippen LogP contribution in [0.5, 0.6) is 0 Å². The van der Waals surface area contributed by atoms with Crippen molar-refractivity contribution >= 4 is 12.0 Å². The van der Waals surface area contributed by atoms with Crippen molar-refractivity contribution in [2.24, 2.45) is 0 Å². The Bertz CT molecular complexity index is 722. The van der Waals surface area contributed by atoms with Crippen LogP contribution in [0, 0.1) is 0 Å². The van der Waals surface area contributed by atoms with Crippen molar-refractivity contribution in [2.75, 3.05) is 14.1 Å². The summed E-state index contributed by atoms with van der Waals surface area (Å²) >= 11 is 0. The highest BCUT2D eigenvalue weighted by atomic mass is 16.5.